The third-order valence-electron chi connectivity index (χ3n) is 4.53. The summed E-state index contributed by atoms with van der Waals surface area (Å²) in [5, 5.41) is 10.5. The molecular formula is C14H27NO. The van der Waals surface area contributed by atoms with Gasteiger partial charge < -0.3 is 5.11 Å². The van der Waals surface area contributed by atoms with Crippen molar-refractivity contribution in [1.29, 1.82) is 0 Å². The average Bonchev–Trinajstić information content (AvgIpc) is 2.74. The summed E-state index contributed by atoms with van der Waals surface area (Å²) in [5.74, 6) is 0. The lowest BCUT2D eigenvalue weighted by Gasteiger charge is -2.38. The van der Waals surface area contributed by atoms with E-state index in [0.29, 0.717) is 0 Å². The maximum Gasteiger partial charge on any atom is 0.0774 e. The van der Waals surface area contributed by atoms with Crippen LogP contribution in [0.1, 0.15) is 64.7 Å². The molecule has 0 amide bonds. The van der Waals surface area contributed by atoms with Crippen molar-refractivity contribution in [3.63, 3.8) is 0 Å². The Kier molecular flexibility index (Phi) is 4.26. The Morgan fingerprint density at radius 1 is 1.06 bits per heavy atom. The minimum Gasteiger partial charge on any atom is -0.389 e. The van der Waals surface area contributed by atoms with Crippen molar-refractivity contribution in [3.8, 4) is 0 Å². The van der Waals surface area contributed by atoms with E-state index in [0.717, 1.165) is 32.0 Å². The van der Waals surface area contributed by atoms with Gasteiger partial charge in [-0.15, -0.1) is 0 Å². The van der Waals surface area contributed by atoms with Gasteiger partial charge in [-0.2, -0.15) is 0 Å². The quantitative estimate of drug-likeness (QED) is 0.795. The highest BCUT2D eigenvalue weighted by molar-refractivity contribution is 4.89. The Labute approximate surface area is 100 Å². The second-order valence-corrected chi connectivity index (χ2v) is 5.79. The zero-order valence-electron chi connectivity index (χ0n) is 10.7. The highest BCUT2D eigenvalue weighted by atomic mass is 16.3. The molecule has 2 rings (SSSR count). The van der Waals surface area contributed by atoms with Gasteiger partial charge in [-0.25, -0.2) is 0 Å². The Morgan fingerprint density at radius 3 is 2.25 bits per heavy atom. The molecule has 2 nitrogen and oxygen atoms in total. The summed E-state index contributed by atoms with van der Waals surface area (Å²) < 4.78 is 0. The van der Waals surface area contributed by atoms with Gasteiger partial charge in [0.15, 0.2) is 0 Å². The predicted molar refractivity (Wildman–Crippen MR) is 67.5 cm³/mol. The Balaban J connectivity index is 1.88. The third kappa shape index (κ3) is 2.98. The monoisotopic (exact) mass is 225 g/mol. The lowest BCUT2D eigenvalue weighted by atomic mass is 9.92. The minimum absolute atomic E-state index is 0.354. The molecule has 2 fully saturated rings. The van der Waals surface area contributed by atoms with Gasteiger partial charge in [-0.05, 0) is 32.2 Å². The van der Waals surface area contributed by atoms with Crippen LogP contribution in [0.3, 0.4) is 0 Å². The van der Waals surface area contributed by atoms with Gasteiger partial charge >= 0.3 is 0 Å². The Hall–Kier alpha value is -0.0800. The first kappa shape index (κ1) is 12.4. The van der Waals surface area contributed by atoms with Crippen molar-refractivity contribution in [2.75, 3.05) is 13.1 Å². The second kappa shape index (κ2) is 5.50. The van der Waals surface area contributed by atoms with E-state index < -0.39 is 0 Å². The van der Waals surface area contributed by atoms with Crippen LogP contribution in [-0.2, 0) is 0 Å². The van der Waals surface area contributed by atoms with Crippen LogP contribution in [-0.4, -0.2) is 34.7 Å². The van der Waals surface area contributed by atoms with Crippen molar-refractivity contribution >= 4 is 0 Å². The summed E-state index contributed by atoms with van der Waals surface area (Å²) in [6.07, 6.45) is 11.4. The van der Waals surface area contributed by atoms with E-state index in [1.165, 1.54) is 44.9 Å². The van der Waals surface area contributed by atoms with Crippen molar-refractivity contribution < 1.29 is 5.11 Å². The molecule has 0 aromatic rings. The first-order valence-electron chi connectivity index (χ1n) is 7.20. The van der Waals surface area contributed by atoms with Gasteiger partial charge in [0.2, 0.25) is 0 Å². The van der Waals surface area contributed by atoms with Crippen molar-refractivity contribution in [1.82, 2.24) is 4.90 Å². The molecular weight excluding hydrogens is 198 g/mol. The predicted octanol–water partition coefficient (Wildman–Crippen LogP) is 2.95. The van der Waals surface area contributed by atoms with Gasteiger partial charge in [0.1, 0.15) is 0 Å². The van der Waals surface area contributed by atoms with E-state index >= 15 is 0 Å². The average molecular weight is 225 g/mol. The summed E-state index contributed by atoms with van der Waals surface area (Å²) >= 11 is 0. The summed E-state index contributed by atoms with van der Waals surface area (Å²) in [6.45, 7) is 4.27. The van der Waals surface area contributed by atoms with E-state index in [1.807, 2.05) is 0 Å². The van der Waals surface area contributed by atoms with Gasteiger partial charge in [-0.3, -0.25) is 4.90 Å². The molecule has 2 heteroatoms. The second-order valence-electron chi connectivity index (χ2n) is 5.79. The molecule has 0 atom stereocenters. The maximum atomic E-state index is 10.5. The molecule has 0 bridgehead atoms. The smallest absolute Gasteiger partial charge is 0.0774 e. The molecule has 2 saturated carbocycles. The molecule has 2 aliphatic carbocycles. The van der Waals surface area contributed by atoms with E-state index in [1.54, 1.807) is 0 Å². The lowest BCUT2D eigenvalue weighted by molar-refractivity contribution is -0.00693. The van der Waals surface area contributed by atoms with Crippen molar-refractivity contribution in [2.45, 2.75) is 76.4 Å². The number of aliphatic hydroxyl groups is 1. The molecule has 1 N–H and O–H groups in total. The number of hydrogen-bond acceptors (Lipinski definition) is 2. The first-order chi connectivity index (χ1) is 7.73. The molecule has 0 unspecified atom stereocenters. The summed E-state index contributed by atoms with van der Waals surface area (Å²) in [4.78, 5) is 2.55. The fourth-order valence-electron chi connectivity index (χ4n) is 3.51. The Morgan fingerprint density at radius 2 is 1.69 bits per heavy atom. The van der Waals surface area contributed by atoms with E-state index in [-0.39, 0.29) is 5.60 Å². The molecule has 0 aliphatic heterocycles. The Bertz CT molecular complexity index is 205. The van der Waals surface area contributed by atoms with Crippen LogP contribution in [0.2, 0.25) is 0 Å². The van der Waals surface area contributed by atoms with Crippen LogP contribution in [0.15, 0.2) is 0 Å². The summed E-state index contributed by atoms with van der Waals surface area (Å²) in [5.41, 5.74) is -0.354. The molecule has 0 aromatic heterocycles. The van der Waals surface area contributed by atoms with Crippen LogP contribution in [0.25, 0.3) is 0 Å². The minimum atomic E-state index is -0.354. The van der Waals surface area contributed by atoms with E-state index in [2.05, 4.69) is 11.8 Å². The van der Waals surface area contributed by atoms with E-state index in [9.17, 15) is 5.11 Å². The van der Waals surface area contributed by atoms with Gasteiger partial charge in [0, 0.05) is 12.6 Å². The summed E-state index contributed by atoms with van der Waals surface area (Å²) in [6, 6.07) is 0.753. The van der Waals surface area contributed by atoms with Crippen molar-refractivity contribution in [2.24, 2.45) is 0 Å². The van der Waals surface area contributed by atoms with Gasteiger partial charge in [-0.1, -0.05) is 39.0 Å². The van der Waals surface area contributed by atoms with Crippen molar-refractivity contribution in [3.05, 3.63) is 0 Å². The highest BCUT2D eigenvalue weighted by Crippen LogP contribution is 2.32. The fourth-order valence-corrected chi connectivity index (χ4v) is 3.51. The van der Waals surface area contributed by atoms with Crippen LogP contribution in [0.5, 0.6) is 0 Å². The normalized spacial score (nSPS) is 26.4. The van der Waals surface area contributed by atoms with Gasteiger partial charge in [0.25, 0.3) is 0 Å². The SMILES string of the molecule is CCN(CC1(O)CCCC1)C1CCCCC1. The maximum absolute atomic E-state index is 10.5. The fraction of sp³-hybridized carbons (Fsp3) is 1.00. The molecule has 0 radical (unpaired) electrons. The molecule has 0 saturated heterocycles. The molecule has 16 heavy (non-hydrogen) atoms. The molecule has 0 heterocycles. The number of likely N-dealkylation sites (N-methyl/N-ethyl adjacent to an activating group) is 1. The van der Waals surface area contributed by atoms with Gasteiger partial charge in [0.05, 0.1) is 5.60 Å². The zero-order chi connectivity index (χ0) is 11.4. The standard InChI is InChI=1S/C14H27NO/c1-2-15(13-8-4-3-5-9-13)12-14(16)10-6-7-11-14/h13,16H,2-12H2,1H3. The third-order valence-corrected chi connectivity index (χ3v) is 4.53. The molecule has 0 aromatic carbocycles. The lowest BCUT2D eigenvalue weighted by Crippen LogP contribution is -2.46. The van der Waals surface area contributed by atoms with E-state index in [4.69, 9.17) is 0 Å². The largest absolute Gasteiger partial charge is 0.389 e. The van der Waals surface area contributed by atoms with Crippen LogP contribution in [0, 0.1) is 0 Å². The topological polar surface area (TPSA) is 23.5 Å². The zero-order valence-corrected chi connectivity index (χ0v) is 10.7. The number of nitrogens with zero attached hydrogens (tertiary/aromatic N) is 1. The number of hydrogen-bond donors (Lipinski definition) is 1. The highest BCUT2D eigenvalue weighted by Gasteiger charge is 2.34. The first-order valence-corrected chi connectivity index (χ1v) is 7.20. The molecule has 2 aliphatic rings. The number of rotatable bonds is 4. The van der Waals surface area contributed by atoms with Crippen LogP contribution >= 0.6 is 0 Å². The van der Waals surface area contributed by atoms with Crippen LogP contribution in [0.4, 0.5) is 0 Å². The molecule has 0 spiro atoms. The van der Waals surface area contributed by atoms with Crippen LogP contribution < -0.4 is 0 Å². The summed E-state index contributed by atoms with van der Waals surface area (Å²) in [7, 11) is 0. The molecule has 94 valence electrons.